The van der Waals surface area contributed by atoms with Crippen molar-refractivity contribution in [3.63, 3.8) is 0 Å². The van der Waals surface area contributed by atoms with Crippen molar-refractivity contribution in [3.05, 3.63) is 4.91 Å². The molecule has 0 spiro atoms. The minimum absolute atomic E-state index is 1.07. The first-order valence-electron chi connectivity index (χ1n) is 1.79. The van der Waals surface area contributed by atoms with E-state index in [0.29, 0.717) is 0 Å². The van der Waals surface area contributed by atoms with E-state index in [9.17, 15) is 13.7 Å². The van der Waals surface area contributed by atoms with Gasteiger partial charge in [0.1, 0.15) is 6.04 Å². The van der Waals surface area contributed by atoms with E-state index in [4.69, 9.17) is 0 Å². The summed E-state index contributed by atoms with van der Waals surface area (Å²) in [5.74, 6) is 0. The minimum Gasteiger partial charge on any atom is -0.208 e. The Bertz CT molecular complexity index is 66.0. The van der Waals surface area contributed by atoms with Crippen LogP contribution in [-0.2, 0) is 0 Å². The van der Waals surface area contributed by atoms with Crippen molar-refractivity contribution in [1.82, 2.24) is 0 Å². The molecule has 0 heterocycles. The Morgan fingerprint density at radius 1 is 1.57 bits per heavy atom. The third-order valence-electron chi connectivity index (χ3n) is 0.531. The van der Waals surface area contributed by atoms with Gasteiger partial charge < -0.3 is 0 Å². The smallest absolute Gasteiger partial charge is 0.208 e. The molecule has 0 saturated heterocycles. The van der Waals surface area contributed by atoms with Gasteiger partial charge in [-0.15, -0.1) is 0 Å². The third-order valence-corrected chi connectivity index (χ3v) is 0.531. The first-order valence-corrected chi connectivity index (χ1v) is 1.79. The van der Waals surface area contributed by atoms with Crippen LogP contribution in [0.3, 0.4) is 0 Å². The van der Waals surface area contributed by atoms with Gasteiger partial charge in [0, 0.05) is 0 Å². The number of nitrogens with zero attached hydrogens (tertiary/aromatic N) is 1. The number of rotatable bonds is 2. The van der Waals surface area contributed by atoms with E-state index in [0.717, 1.165) is 6.92 Å². The summed E-state index contributed by atoms with van der Waals surface area (Å²) in [6, 6.07) is -1.36. The quantitative estimate of drug-likeness (QED) is 0.493. The number of halogens is 2. The van der Waals surface area contributed by atoms with Gasteiger partial charge >= 0.3 is 0 Å². The van der Waals surface area contributed by atoms with E-state index in [1.54, 1.807) is 0 Å². The predicted octanol–water partition coefficient (Wildman–Crippen LogP) is 1.41. The van der Waals surface area contributed by atoms with Gasteiger partial charge in [-0.3, -0.25) is 0 Å². The lowest BCUT2D eigenvalue weighted by molar-refractivity contribution is 0.123. The monoisotopic (exact) mass is 109 g/mol. The van der Waals surface area contributed by atoms with Crippen molar-refractivity contribution in [2.75, 3.05) is 0 Å². The first kappa shape index (κ1) is 6.46. The van der Waals surface area contributed by atoms with Gasteiger partial charge in [-0.05, 0) is 6.92 Å². The zero-order chi connectivity index (χ0) is 5.86. The maximum absolute atomic E-state index is 11.1. The summed E-state index contributed by atoms with van der Waals surface area (Å²) in [5.41, 5.74) is 0. The highest BCUT2D eigenvalue weighted by molar-refractivity contribution is 4.58. The summed E-state index contributed by atoms with van der Waals surface area (Å²) in [5, 5.41) is 2.09. The summed E-state index contributed by atoms with van der Waals surface area (Å²) in [6.45, 7) is 1.07. The maximum Gasteiger partial charge on any atom is 0.263 e. The highest BCUT2D eigenvalue weighted by Gasteiger charge is 2.12. The van der Waals surface area contributed by atoms with E-state index < -0.39 is 12.5 Å². The average molecular weight is 109 g/mol. The topological polar surface area (TPSA) is 29.4 Å². The zero-order valence-electron chi connectivity index (χ0n) is 3.77. The van der Waals surface area contributed by atoms with Crippen molar-refractivity contribution in [3.8, 4) is 0 Å². The largest absolute Gasteiger partial charge is 0.263 e. The molecule has 0 aliphatic heterocycles. The number of hydrogen-bond acceptors (Lipinski definition) is 2. The summed E-state index contributed by atoms with van der Waals surface area (Å²) >= 11 is 0. The van der Waals surface area contributed by atoms with Crippen LogP contribution in [0.2, 0.25) is 0 Å². The van der Waals surface area contributed by atoms with Crippen molar-refractivity contribution < 1.29 is 8.78 Å². The molecule has 42 valence electrons. The van der Waals surface area contributed by atoms with Gasteiger partial charge in [-0.25, -0.2) is 8.78 Å². The molecule has 0 fully saturated rings. The fourth-order valence-electron chi connectivity index (χ4n) is 0.0460. The summed E-state index contributed by atoms with van der Waals surface area (Å²) < 4.78 is 22.3. The van der Waals surface area contributed by atoms with Crippen LogP contribution in [0, 0.1) is 4.91 Å². The average Bonchev–Trinajstić information content (AvgIpc) is 1.65. The lowest BCUT2D eigenvalue weighted by atomic mass is 10.4. The third kappa shape index (κ3) is 2.19. The molecular weight excluding hydrogens is 104 g/mol. The van der Waals surface area contributed by atoms with Crippen molar-refractivity contribution in [2.24, 2.45) is 5.18 Å². The standard InChI is InChI=1S/C3H5F2NO/c1-2(6-7)3(4)5/h2-3H,1H3. The summed E-state index contributed by atoms with van der Waals surface area (Å²) in [4.78, 5) is 9.22. The van der Waals surface area contributed by atoms with E-state index in [1.807, 2.05) is 0 Å². The molecule has 1 unspecified atom stereocenters. The van der Waals surface area contributed by atoms with Gasteiger partial charge in [-0.1, -0.05) is 5.18 Å². The summed E-state index contributed by atoms with van der Waals surface area (Å²) in [6.07, 6.45) is -2.61. The van der Waals surface area contributed by atoms with Crippen LogP contribution < -0.4 is 0 Å². The molecule has 4 heteroatoms. The van der Waals surface area contributed by atoms with E-state index >= 15 is 0 Å². The molecule has 0 aliphatic rings. The highest BCUT2D eigenvalue weighted by atomic mass is 19.3. The maximum atomic E-state index is 11.1. The molecule has 0 radical (unpaired) electrons. The van der Waals surface area contributed by atoms with E-state index in [1.165, 1.54) is 0 Å². The number of hydrogen-bond donors (Lipinski definition) is 0. The van der Waals surface area contributed by atoms with Gasteiger partial charge in [-0.2, -0.15) is 4.91 Å². The van der Waals surface area contributed by atoms with E-state index in [2.05, 4.69) is 5.18 Å². The molecule has 0 rings (SSSR count). The highest BCUT2D eigenvalue weighted by Crippen LogP contribution is 2.01. The second-order valence-corrected chi connectivity index (χ2v) is 1.18. The Morgan fingerprint density at radius 2 is 2.00 bits per heavy atom. The van der Waals surface area contributed by atoms with E-state index in [-0.39, 0.29) is 0 Å². The molecule has 0 aromatic carbocycles. The zero-order valence-corrected chi connectivity index (χ0v) is 3.77. The summed E-state index contributed by atoms with van der Waals surface area (Å²) in [7, 11) is 0. The molecule has 0 aliphatic carbocycles. The van der Waals surface area contributed by atoms with Crippen LogP contribution in [0.25, 0.3) is 0 Å². The van der Waals surface area contributed by atoms with Crippen LogP contribution in [0.1, 0.15) is 6.92 Å². The van der Waals surface area contributed by atoms with Crippen LogP contribution in [0.15, 0.2) is 5.18 Å². The Morgan fingerprint density at radius 3 is 2.00 bits per heavy atom. The molecule has 0 bridgehead atoms. The molecule has 0 N–H and O–H groups in total. The van der Waals surface area contributed by atoms with Gasteiger partial charge in [0.2, 0.25) is 0 Å². The van der Waals surface area contributed by atoms with Crippen LogP contribution >= 0.6 is 0 Å². The Labute approximate surface area is 39.5 Å². The van der Waals surface area contributed by atoms with Crippen molar-refractivity contribution in [2.45, 2.75) is 19.4 Å². The first-order chi connectivity index (χ1) is 3.18. The van der Waals surface area contributed by atoms with Gasteiger partial charge in [0.05, 0.1) is 0 Å². The van der Waals surface area contributed by atoms with Crippen LogP contribution in [0.5, 0.6) is 0 Å². The Hall–Kier alpha value is -0.540. The Kier molecular flexibility index (Phi) is 2.40. The van der Waals surface area contributed by atoms with Gasteiger partial charge in [0.15, 0.2) is 0 Å². The van der Waals surface area contributed by atoms with Crippen LogP contribution in [-0.4, -0.2) is 12.5 Å². The molecular formula is C3H5F2NO. The van der Waals surface area contributed by atoms with Gasteiger partial charge in [0.25, 0.3) is 6.43 Å². The Balaban J connectivity index is 3.33. The number of alkyl halides is 2. The molecule has 0 aromatic heterocycles. The molecule has 7 heavy (non-hydrogen) atoms. The lowest BCUT2D eigenvalue weighted by Gasteiger charge is -1.94. The molecule has 0 saturated carbocycles. The molecule has 0 aromatic rings. The molecule has 2 nitrogen and oxygen atoms in total. The molecule has 1 atom stereocenters. The number of nitroso groups, excluding NO2 is 1. The normalized spacial score (nSPS) is 14.3. The second kappa shape index (κ2) is 2.60. The fourth-order valence-corrected chi connectivity index (χ4v) is 0.0460. The van der Waals surface area contributed by atoms with Crippen molar-refractivity contribution in [1.29, 1.82) is 0 Å². The lowest BCUT2D eigenvalue weighted by Crippen LogP contribution is -2.08. The minimum atomic E-state index is -2.61. The van der Waals surface area contributed by atoms with Crippen molar-refractivity contribution >= 4 is 0 Å². The fraction of sp³-hybridized carbons (Fsp3) is 1.00. The second-order valence-electron chi connectivity index (χ2n) is 1.18. The molecule has 0 amide bonds. The predicted molar refractivity (Wildman–Crippen MR) is 21.3 cm³/mol. The SMILES string of the molecule is CC(N=O)C(F)F. The van der Waals surface area contributed by atoms with Crippen LogP contribution in [0.4, 0.5) is 8.78 Å².